The monoisotopic (exact) mass is 524 g/mol. The molecule has 0 bridgehead atoms. The number of hydrogen-bond donors (Lipinski definition) is 1. The summed E-state index contributed by atoms with van der Waals surface area (Å²) in [5.74, 6) is 0.435. The number of pyridine rings is 1. The molecule has 1 aromatic carbocycles. The number of aromatic nitrogens is 2. The number of carbonyl (C=O) groups excluding carboxylic acids is 2. The summed E-state index contributed by atoms with van der Waals surface area (Å²) in [5, 5.41) is 8.72. The second-order valence-electron chi connectivity index (χ2n) is 10.2. The standard InChI is InChI=1S/C28H36N4O6/c1-7-38-26(34)19-12-20-16-31(27(29)32(20)24(15-19)35-5)17-23(33)18-13-21(28(2,3)4)25(36-6)22(14-18)30-8-10-37-11-9-30/h12-16,29H,7-11,17H2,1-6H3. The van der Waals surface area contributed by atoms with Gasteiger partial charge in [-0.15, -0.1) is 0 Å². The number of ketones is 1. The van der Waals surface area contributed by atoms with E-state index in [4.69, 9.17) is 24.4 Å². The van der Waals surface area contributed by atoms with Crippen LogP contribution < -0.4 is 20.0 Å². The van der Waals surface area contributed by atoms with Crippen molar-refractivity contribution in [2.75, 3.05) is 52.0 Å². The van der Waals surface area contributed by atoms with Gasteiger partial charge >= 0.3 is 5.97 Å². The molecule has 4 rings (SSSR count). The van der Waals surface area contributed by atoms with E-state index in [1.165, 1.54) is 13.2 Å². The Bertz CT molecular complexity index is 1410. The molecule has 0 saturated carbocycles. The van der Waals surface area contributed by atoms with Gasteiger partial charge in [0.2, 0.25) is 11.5 Å². The number of nitrogens with zero attached hydrogens (tertiary/aromatic N) is 3. The van der Waals surface area contributed by atoms with Crippen LogP contribution in [0.25, 0.3) is 5.52 Å². The van der Waals surface area contributed by atoms with E-state index >= 15 is 0 Å². The second kappa shape index (κ2) is 10.9. The number of fused-ring (bicyclic) bond motifs is 1. The lowest BCUT2D eigenvalue weighted by Gasteiger charge is -2.33. The molecular formula is C28H36N4O6. The third-order valence-electron chi connectivity index (χ3n) is 6.62. The number of rotatable bonds is 8. The van der Waals surface area contributed by atoms with Crippen LogP contribution in [0, 0.1) is 5.41 Å². The Balaban J connectivity index is 1.76. The van der Waals surface area contributed by atoms with E-state index in [1.807, 2.05) is 12.1 Å². The highest BCUT2D eigenvalue weighted by atomic mass is 16.5. The Morgan fingerprint density at radius 3 is 2.34 bits per heavy atom. The van der Waals surface area contributed by atoms with E-state index in [1.54, 1.807) is 35.3 Å². The summed E-state index contributed by atoms with van der Waals surface area (Å²) >= 11 is 0. The number of hydrogen-bond acceptors (Lipinski definition) is 8. The molecule has 10 heteroatoms. The fourth-order valence-corrected chi connectivity index (χ4v) is 4.70. The number of imidazole rings is 1. The van der Waals surface area contributed by atoms with E-state index in [-0.39, 0.29) is 30.0 Å². The predicted octanol–water partition coefficient (Wildman–Crippen LogP) is 3.43. The van der Waals surface area contributed by atoms with Gasteiger partial charge in [-0.25, -0.2) is 9.20 Å². The van der Waals surface area contributed by atoms with Crippen LogP contribution in [0.2, 0.25) is 0 Å². The summed E-state index contributed by atoms with van der Waals surface area (Å²) in [5.41, 5.74) is 2.99. The third kappa shape index (κ3) is 5.26. The zero-order chi connectivity index (χ0) is 27.6. The van der Waals surface area contributed by atoms with Crippen molar-refractivity contribution in [3.63, 3.8) is 0 Å². The van der Waals surface area contributed by atoms with Crippen molar-refractivity contribution in [1.82, 2.24) is 8.97 Å². The molecule has 0 unspecified atom stereocenters. The van der Waals surface area contributed by atoms with Crippen molar-refractivity contribution < 1.29 is 28.5 Å². The van der Waals surface area contributed by atoms with Crippen LogP contribution in [0.4, 0.5) is 5.69 Å². The van der Waals surface area contributed by atoms with Crippen molar-refractivity contribution in [2.45, 2.75) is 39.7 Å². The number of nitrogens with one attached hydrogen (secondary N) is 1. The number of benzene rings is 1. The minimum atomic E-state index is -0.479. The van der Waals surface area contributed by atoms with Crippen LogP contribution >= 0.6 is 0 Å². The first-order valence-electron chi connectivity index (χ1n) is 12.7. The molecule has 0 spiro atoms. The fraction of sp³-hybridized carbons (Fsp3) is 0.464. The number of Topliss-reactive ketones (excluding diaryl/α,β-unsaturated/α-hetero) is 1. The smallest absolute Gasteiger partial charge is 0.338 e. The summed E-state index contributed by atoms with van der Waals surface area (Å²) in [6.45, 7) is 10.8. The molecule has 10 nitrogen and oxygen atoms in total. The lowest BCUT2D eigenvalue weighted by Crippen LogP contribution is -2.37. The van der Waals surface area contributed by atoms with Gasteiger partial charge in [0.1, 0.15) is 5.75 Å². The van der Waals surface area contributed by atoms with E-state index < -0.39 is 5.97 Å². The summed E-state index contributed by atoms with van der Waals surface area (Å²) in [4.78, 5) is 28.2. The first-order valence-corrected chi connectivity index (χ1v) is 12.7. The molecule has 1 N–H and O–H groups in total. The van der Waals surface area contributed by atoms with E-state index in [0.29, 0.717) is 48.8 Å². The largest absolute Gasteiger partial charge is 0.494 e. The molecule has 1 aliphatic heterocycles. The van der Waals surface area contributed by atoms with Gasteiger partial charge in [-0.05, 0) is 30.5 Å². The summed E-state index contributed by atoms with van der Waals surface area (Å²) in [7, 11) is 3.13. The van der Waals surface area contributed by atoms with Crippen LogP contribution in [0.1, 0.15) is 54.0 Å². The Hall–Kier alpha value is -3.79. The Labute approximate surface area is 222 Å². The molecule has 38 heavy (non-hydrogen) atoms. The maximum absolute atomic E-state index is 13.7. The predicted molar refractivity (Wildman–Crippen MR) is 143 cm³/mol. The Morgan fingerprint density at radius 1 is 1.03 bits per heavy atom. The number of ether oxygens (including phenoxy) is 4. The summed E-state index contributed by atoms with van der Waals surface area (Å²) in [6.07, 6.45) is 1.67. The molecular weight excluding hydrogens is 488 g/mol. The zero-order valence-corrected chi connectivity index (χ0v) is 22.9. The normalized spacial score (nSPS) is 14.0. The van der Waals surface area contributed by atoms with Gasteiger partial charge in [0.25, 0.3) is 0 Å². The van der Waals surface area contributed by atoms with E-state index in [2.05, 4.69) is 25.7 Å². The molecule has 2 aromatic heterocycles. The molecule has 204 valence electrons. The quantitative estimate of drug-likeness (QED) is 0.355. The van der Waals surface area contributed by atoms with Crippen LogP contribution in [-0.2, 0) is 21.4 Å². The topological polar surface area (TPSA) is 107 Å². The van der Waals surface area contributed by atoms with Gasteiger partial charge in [-0.1, -0.05) is 20.8 Å². The van der Waals surface area contributed by atoms with Crippen molar-refractivity contribution >= 4 is 23.0 Å². The van der Waals surface area contributed by atoms with Crippen molar-refractivity contribution in [3.8, 4) is 11.6 Å². The van der Waals surface area contributed by atoms with Crippen molar-refractivity contribution in [1.29, 1.82) is 5.41 Å². The molecule has 3 heterocycles. The van der Waals surface area contributed by atoms with Crippen LogP contribution in [0.3, 0.4) is 0 Å². The summed E-state index contributed by atoms with van der Waals surface area (Å²) in [6, 6.07) is 6.93. The molecule has 0 radical (unpaired) electrons. The van der Waals surface area contributed by atoms with Gasteiger partial charge in [0.05, 0.1) is 57.4 Å². The maximum atomic E-state index is 13.7. The van der Waals surface area contributed by atoms with Crippen LogP contribution in [0.5, 0.6) is 11.6 Å². The molecule has 1 aliphatic rings. The SMILES string of the molecule is CCOC(=O)c1cc(OC)n2c(=N)n(CC(=O)c3cc(N4CCOCC4)c(OC)c(C(C)(C)C)c3)cc2c1. The average Bonchev–Trinajstić information content (AvgIpc) is 3.22. The number of esters is 1. The number of carbonyl (C=O) groups is 2. The molecule has 3 aromatic rings. The van der Waals surface area contributed by atoms with Crippen molar-refractivity contribution in [2.24, 2.45) is 0 Å². The minimum absolute atomic E-state index is 0.0542. The Morgan fingerprint density at radius 2 is 1.74 bits per heavy atom. The maximum Gasteiger partial charge on any atom is 0.338 e. The van der Waals surface area contributed by atoms with E-state index in [0.717, 1.165) is 17.0 Å². The zero-order valence-electron chi connectivity index (χ0n) is 22.9. The third-order valence-corrected chi connectivity index (χ3v) is 6.62. The minimum Gasteiger partial charge on any atom is -0.494 e. The fourth-order valence-electron chi connectivity index (χ4n) is 4.70. The Kier molecular flexibility index (Phi) is 7.82. The highest BCUT2D eigenvalue weighted by Gasteiger charge is 2.27. The lowest BCUT2D eigenvalue weighted by atomic mass is 9.84. The highest BCUT2D eigenvalue weighted by Crippen LogP contribution is 2.40. The van der Waals surface area contributed by atoms with E-state index in [9.17, 15) is 9.59 Å². The van der Waals surface area contributed by atoms with Gasteiger partial charge in [-0.2, -0.15) is 0 Å². The first-order chi connectivity index (χ1) is 18.1. The van der Waals surface area contributed by atoms with Gasteiger partial charge in [0, 0.05) is 36.5 Å². The lowest BCUT2D eigenvalue weighted by molar-refractivity contribution is 0.0525. The van der Waals surface area contributed by atoms with Gasteiger partial charge in [-0.3, -0.25) is 10.2 Å². The first kappa shape index (κ1) is 27.3. The summed E-state index contributed by atoms with van der Waals surface area (Å²) < 4.78 is 25.1. The second-order valence-corrected chi connectivity index (χ2v) is 10.2. The molecule has 1 saturated heterocycles. The highest BCUT2D eigenvalue weighted by molar-refractivity contribution is 5.98. The number of morpholine rings is 1. The number of anilines is 1. The molecule has 1 fully saturated rings. The molecule has 0 amide bonds. The average molecular weight is 525 g/mol. The van der Waals surface area contributed by atoms with Gasteiger partial charge in [0.15, 0.2) is 5.78 Å². The van der Waals surface area contributed by atoms with Crippen molar-refractivity contribution in [3.05, 3.63) is 52.8 Å². The van der Waals surface area contributed by atoms with Crippen LogP contribution in [-0.4, -0.2) is 67.9 Å². The number of methoxy groups -OCH3 is 2. The van der Waals surface area contributed by atoms with Crippen LogP contribution in [0.15, 0.2) is 30.5 Å². The molecule has 0 atom stereocenters. The molecule has 0 aliphatic carbocycles. The van der Waals surface area contributed by atoms with Gasteiger partial charge < -0.3 is 28.4 Å².